The number of rotatable bonds is 6. The van der Waals surface area contributed by atoms with Crippen molar-refractivity contribution < 1.29 is 0 Å². The Morgan fingerprint density at radius 2 is 1.82 bits per heavy atom. The van der Waals surface area contributed by atoms with Gasteiger partial charge >= 0.3 is 0 Å². The molecule has 3 heteroatoms. The smallest absolute Gasteiger partial charge is 0.0192 e. The molecule has 0 aromatic rings. The van der Waals surface area contributed by atoms with E-state index in [2.05, 4.69) is 49.9 Å². The molecular weight excluding hydrogens is 210 g/mol. The van der Waals surface area contributed by atoms with Crippen LogP contribution in [0.4, 0.5) is 0 Å². The van der Waals surface area contributed by atoms with Gasteiger partial charge in [-0.3, -0.25) is 4.90 Å². The van der Waals surface area contributed by atoms with E-state index in [1.807, 2.05) is 0 Å². The summed E-state index contributed by atoms with van der Waals surface area (Å²) in [4.78, 5) is 5.13. The van der Waals surface area contributed by atoms with Crippen molar-refractivity contribution in [2.75, 3.05) is 33.2 Å². The van der Waals surface area contributed by atoms with Crippen molar-refractivity contribution in [3.63, 3.8) is 0 Å². The van der Waals surface area contributed by atoms with Gasteiger partial charge in [0.25, 0.3) is 0 Å². The summed E-state index contributed by atoms with van der Waals surface area (Å²) in [7, 11) is 2.29. The number of nitrogens with zero attached hydrogens (tertiary/aromatic N) is 2. The highest BCUT2D eigenvalue weighted by Crippen LogP contribution is 2.16. The number of hydrogen-bond donors (Lipinski definition) is 1. The Kier molecular flexibility index (Phi) is 6.45. The molecule has 1 aliphatic heterocycles. The number of hydrogen-bond acceptors (Lipinski definition) is 3. The first kappa shape index (κ1) is 14.9. The van der Waals surface area contributed by atoms with Gasteiger partial charge in [0.05, 0.1) is 0 Å². The standard InChI is InChI=1S/C14H31N3/c1-6-17-9-7-14(8-10-17)16(5)13(4)11-15-12(2)3/h12-15H,6-11H2,1-5H3. The maximum Gasteiger partial charge on any atom is 0.0192 e. The van der Waals surface area contributed by atoms with Gasteiger partial charge in [-0.1, -0.05) is 20.8 Å². The van der Waals surface area contributed by atoms with E-state index in [4.69, 9.17) is 0 Å². The molecule has 1 atom stereocenters. The molecule has 0 aromatic carbocycles. The Labute approximate surface area is 108 Å². The highest BCUT2D eigenvalue weighted by Gasteiger charge is 2.24. The summed E-state index contributed by atoms with van der Waals surface area (Å²) in [5.41, 5.74) is 0. The van der Waals surface area contributed by atoms with E-state index in [0.717, 1.165) is 12.6 Å². The van der Waals surface area contributed by atoms with E-state index >= 15 is 0 Å². The molecule has 1 heterocycles. The van der Waals surface area contributed by atoms with Crippen LogP contribution in [0.2, 0.25) is 0 Å². The van der Waals surface area contributed by atoms with Gasteiger partial charge in [0.15, 0.2) is 0 Å². The zero-order valence-electron chi connectivity index (χ0n) is 12.4. The Bertz CT molecular complexity index is 198. The molecular formula is C14H31N3. The lowest BCUT2D eigenvalue weighted by Crippen LogP contribution is -2.49. The fourth-order valence-electron chi connectivity index (χ4n) is 2.55. The van der Waals surface area contributed by atoms with Crippen molar-refractivity contribution in [3.05, 3.63) is 0 Å². The summed E-state index contributed by atoms with van der Waals surface area (Å²) in [6, 6.07) is 2.00. The van der Waals surface area contributed by atoms with Crippen molar-refractivity contribution in [2.24, 2.45) is 0 Å². The summed E-state index contributed by atoms with van der Waals surface area (Å²) in [5.74, 6) is 0. The van der Waals surface area contributed by atoms with Crippen LogP contribution in [0, 0.1) is 0 Å². The molecule has 0 amide bonds. The Balaban J connectivity index is 2.29. The molecule has 0 spiro atoms. The third-order valence-corrected chi connectivity index (χ3v) is 4.10. The Morgan fingerprint density at radius 3 is 2.29 bits per heavy atom. The third kappa shape index (κ3) is 4.94. The minimum absolute atomic E-state index is 0.591. The first-order valence-electron chi connectivity index (χ1n) is 7.22. The van der Waals surface area contributed by atoms with E-state index in [9.17, 15) is 0 Å². The second-order valence-corrected chi connectivity index (χ2v) is 5.74. The maximum atomic E-state index is 3.53. The SMILES string of the molecule is CCN1CCC(N(C)C(C)CNC(C)C)CC1. The van der Waals surface area contributed by atoms with E-state index in [1.54, 1.807) is 0 Å². The monoisotopic (exact) mass is 241 g/mol. The topological polar surface area (TPSA) is 18.5 Å². The van der Waals surface area contributed by atoms with Gasteiger partial charge in [0, 0.05) is 24.7 Å². The molecule has 0 aliphatic carbocycles. The first-order chi connectivity index (χ1) is 8.04. The van der Waals surface area contributed by atoms with Crippen LogP contribution in [-0.2, 0) is 0 Å². The van der Waals surface area contributed by atoms with Crippen LogP contribution in [0.15, 0.2) is 0 Å². The van der Waals surface area contributed by atoms with Crippen molar-refractivity contribution in [2.45, 2.75) is 58.7 Å². The zero-order chi connectivity index (χ0) is 12.8. The fraction of sp³-hybridized carbons (Fsp3) is 1.00. The summed E-state index contributed by atoms with van der Waals surface area (Å²) in [6.45, 7) is 13.9. The summed E-state index contributed by atoms with van der Waals surface area (Å²) in [5, 5.41) is 3.53. The number of likely N-dealkylation sites (N-methyl/N-ethyl adjacent to an activating group) is 1. The lowest BCUT2D eigenvalue weighted by atomic mass is 10.0. The first-order valence-corrected chi connectivity index (χ1v) is 7.22. The van der Waals surface area contributed by atoms with Crippen LogP contribution in [0.25, 0.3) is 0 Å². The van der Waals surface area contributed by atoms with Gasteiger partial charge in [0.2, 0.25) is 0 Å². The van der Waals surface area contributed by atoms with Crippen LogP contribution in [0.3, 0.4) is 0 Å². The van der Waals surface area contributed by atoms with Crippen molar-refractivity contribution in [1.82, 2.24) is 15.1 Å². The highest BCUT2D eigenvalue weighted by atomic mass is 15.2. The molecule has 1 saturated heterocycles. The molecule has 0 radical (unpaired) electrons. The number of piperidine rings is 1. The van der Waals surface area contributed by atoms with Crippen LogP contribution in [-0.4, -0.2) is 61.2 Å². The molecule has 1 fully saturated rings. The summed E-state index contributed by atoms with van der Waals surface area (Å²) in [6.07, 6.45) is 2.66. The summed E-state index contributed by atoms with van der Waals surface area (Å²) >= 11 is 0. The summed E-state index contributed by atoms with van der Waals surface area (Å²) < 4.78 is 0. The second kappa shape index (κ2) is 7.34. The van der Waals surface area contributed by atoms with E-state index < -0.39 is 0 Å². The van der Waals surface area contributed by atoms with Gasteiger partial charge in [-0.05, 0) is 46.4 Å². The van der Waals surface area contributed by atoms with Gasteiger partial charge < -0.3 is 10.2 Å². The van der Waals surface area contributed by atoms with Crippen LogP contribution in [0.5, 0.6) is 0 Å². The minimum Gasteiger partial charge on any atom is -0.313 e. The normalized spacial score (nSPS) is 21.4. The molecule has 17 heavy (non-hydrogen) atoms. The quantitative estimate of drug-likeness (QED) is 0.765. The third-order valence-electron chi connectivity index (χ3n) is 4.10. The van der Waals surface area contributed by atoms with Crippen molar-refractivity contribution >= 4 is 0 Å². The molecule has 1 unspecified atom stereocenters. The Hall–Kier alpha value is -0.120. The molecule has 1 N–H and O–H groups in total. The predicted octanol–water partition coefficient (Wildman–Crippen LogP) is 1.79. The molecule has 3 nitrogen and oxygen atoms in total. The molecule has 1 rings (SSSR count). The molecule has 0 saturated carbocycles. The van der Waals surface area contributed by atoms with Crippen molar-refractivity contribution in [1.29, 1.82) is 0 Å². The fourth-order valence-corrected chi connectivity index (χ4v) is 2.55. The number of nitrogens with one attached hydrogen (secondary N) is 1. The van der Waals surface area contributed by atoms with Crippen LogP contribution < -0.4 is 5.32 Å². The van der Waals surface area contributed by atoms with Crippen molar-refractivity contribution in [3.8, 4) is 0 Å². The van der Waals surface area contributed by atoms with Crippen LogP contribution >= 0.6 is 0 Å². The zero-order valence-corrected chi connectivity index (χ0v) is 12.4. The van der Waals surface area contributed by atoms with Crippen LogP contribution in [0.1, 0.15) is 40.5 Å². The molecule has 0 aromatic heterocycles. The highest BCUT2D eigenvalue weighted by molar-refractivity contribution is 4.81. The largest absolute Gasteiger partial charge is 0.313 e. The van der Waals surface area contributed by atoms with E-state index in [1.165, 1.54) is 32.5 Å². The predicted molar refractivity (Wildman–Crippen MR) is 75.5 cm³/mol. The lowest BCUT2D eigenvalue weighted by Gasteiger charge is -2.39. The Morgan fingerprint density at radius 1 is 1.24 bits per heavy atom. The minimum atomic E-state index is 0.591. The maximum absolute atomic E-state index is 3.53. The lowest BCUT2D eigenvalue weighted by molar-refractivity contribution is 0.103. The van der Waals surface area contributed by atoms with Gasteiger partial charge in [0.1, 0.15) is 0 Å². The number of likely N-dealkylation sites (tertiary alicyclic amines) is 1. The average Bonchev–Trinajstić information content (AvgIpc) is 2.35. The van der Waals surface area contributed by atoms with Gasteiger partial charge in [-0.2, -0.15) is 0 Å². The van der Waals surface area contributed by atoms with Gasteiger partial charge in [-0.15, -0.1) is 0 Å². The van der Waals surface area contributed by atoms with E-state index in [0.29, 0.717) is 12.1 Å². The van der Waals surface area contributed by atoms with E-state index in [-0.39, 0.29) is 0 Å². The molecule has 1 aliphatic rings. The molecule has 102 valence electrons. The molecule has 0 bridgehead atoms. The average molecular weight is 241 g/mol. The van der Waals surface area contributed by atoms with Gasteiger partial charge in [-0.25, -0.2) is 0 Å². The second-order valence-electron chi connectivity index (χ2n) is 5.74.